The zero-order valence-electron chi connectivity index (χ0n) is 19.1. The van der Waals surface area contributed by atoms with E-state index in [1.54, 1.807) is 0 Å². The molecule has 1 saturated heterocycles. The van der Waals surface area contributed by atoms with Crippen molar-refractivity contribution in [3.63, 3.8) is 0 Å². The average molecular weight is 477 g/mol. The van der Waals surface area contributed by atoms with Crippen LogP contribution in [-0.2, 0) is 28.6 Å². The van der Waals surface area contributed by atoms with Crippen molar-refractivity contribution in [1.82, 2.24) is 9.47 Å². The molecule has 0 amide bonds. The monoisotopic (exact) mass is 476 g/mol. The number of fused-ring (bicyclic) bond motifs is 6. The Hall–Kier alpha value is -2.69. The van der Waals surface area contributed by atoms with Crippen LogP contribution >= 0.6 is 0 Å². The number of hydrogen-bond acceptors (Lipinski definition) is 8. The van der Waals surface area contributed by atoms with Crippen LogP contribution in [0.25, 0.3) is 10.9 Å². The first-order valence-electron chi connectivity index (χ1n) is 10.7. The van der Waals surface area contributed by atoms with Gasteiger partial charge in [0.25, 0.3) is 10.1 Å². The number of ether oxygens (including phenoxy) is 2. The molecule has 10 heteroatoms. The maximum Gasteiger partial charge on any atom is 0.418 e. The lowest BCUT2D eigenvalue weighted by molar-refractivity contribution is -0.144. The SMILES string of the molecule is C/C=C1/CN(CCOS(C)(=O)=O)[C@H]2C[C@@H]1[C@H](C(=O)OC)c1c2n(C(=O)OC)c2ccccc12. The molecule has 0 spiro atoms. The molecule has 9 nitrogen and oxygen atoms in total. The largest absolute Gasteiger partial charge is 0.469 e. The van der Waals surface area contributed by atoms with Crippen molar-refractivity contribution >= 4 is 33.1 Å². The maximum atomic E-state index is 13.1. The van der Waals surface area contributed by atoms with Crippen LogP contribution in [0.1, 0.15) is 36.6 Å². The molecule has 178 valence electrons. The third-order valence-electron chi connectivity index (χ3n) is 6.62. The fraction of sp³-hybridized carbons (Fsp3) is 0.478. The molecule has 1 aliphatic heterocycles. The molecule has 2 aliphatic rings. The Morgan fingerprint density at radius 1 is 1.18 bits per heavy atom. The average Bonchev–Trinajstić information content (AvgIpc) is 3.14. The third kappa shape index (κ3) is 4.07. The highest BCUT2D eigenvalue weighted by molar-refractivity contribution is 7.85. The van der Waals surface area contributed by atoms with E-state index in [1.165, 1.54) is 18.8 Å². The van der Waals surface area contributed by atoms with Crippen molar-refractivity contribution in [2.75, 3.05) is 40.2 Å². The Bertz CT molecular complexity index is 1230. The molecule has 2 bridgehead atoms. The zero-order valence-corrected chi connectivity index (χ0v) is 19.9. The van der Waals surface area contributed by atoms with Crippen LogP contribution in [0.5, 0.6) is 0 Å². The van der Waals surface area contributed by atoms with Crippen LogP contribution in [0.3, 0.4) is 0 Å². The van der Waals surface area contributed by atoms with E-state index in [0.29, 0.717) is 30.7 Å². The summed E-state index contributed by atoms with van der Waals surface area (Å²) in [5.74, 6) is -0.998. The number of nitrogens with zero attached hydrogens (tertiary/aromatic N) is 2. The Labute approximate surface area is 193 Å². The van der Waals surface area contributed by atoms with E-state index in [1.807, 2.05) is 37.3 Å². The lowest BCUT2D eigenvalue weighted by Crippen LogP contribution is -2.47. The number of para-hydroxylation sites is 1. The van der Waals surface area contributed by atoms with Crippen molar-refractivity contribution in [1.29, 1.82) is 0 Å². The van der Waals surface area contributed by atoms with Crippen LogP contribution in [-0.4, -0.2) is 70.1 Å². The molecule has 1 aromatic heterocycles. The predicted molar refractivity (Wildman–Crippen MR) is 121 cm³/mol. The number of carbonyl (C=O) groups is 2. The van der Waals surface area contributed by atoms with Crippen molar-refractivity contribution in [2.24, 2.45) is 5.92 Å². The van der Waals surface area contributed by atoms with Crippen LogP contribution in [0.4, 0.5) is 4.79 Å². The zero-order chi connectivity index (χ0) is 23.9. The number of esters is 1. The third-order valence-corrected chi connectivity index (χ3v) is 7.21. The molecule has 2 aromatic rings. The topological polar surface area (TPSA) is 104 Å². The van der Waals surface area contributed by atoms with E-state index in [9.17, 15) is 18.0 Å². The first-order valence-corrected chi connectivity index (χ1v) is 12.6. The van der Waals surface area contributed by atoms with Gasteiger partial charge in [-0.15, -0.1) is 0 Å². The summed E-state index contributed by atoms with van der Waals surface area (Å²) in [6, 6.07) is 7.20. The first-order chi connectivity index (χ1) is 15.7. The molecule has 2 heterocycles. The summed E-state index contributed by atoms with van der Waals surface area (Å²) in [4.78, 5) is 28.1. The molecular formula is C23H28N2O7S. The highest BCUT2D eigenvalue weighted by Gasteiger charge is 2.49. The van der Waals surface area contributed by atoms with Crippen LogP contribution in [0.2, 0.25) is 0 Å². The number of piperidine rings is 1. The number of benzene rings is 1. The Morgan fingerprint density at radius 2 is 1.91 bits per heavy atom. The van der Waals surface area contributed by atoms with E-state index in [2.05, 4.69) is 4.90 Å². The molecule has 3 atom stereocenters. The second kappa shape index (κ2) is 8.92. The predicted octanol–water partition coefficient (Wildman–Crippen LogP) is 2.81. The molecule has 1 aliphatic carbocycles. The lowest BCUT2D eigenvalue weighted by atomic mass is 9.68. The summed E-state index contributed by atoms with van der Waals surface area (Å²) >= 11 is 0. The van der Waals surface area contributed by atoms with Gasteiger partial charge in [0.1, 0.15) is 0 Å². The van der Waals surface area contributed by atoms with Crippen LogP contribution < -0.4 is 0 Å². The van der Waals surface area contributed by atoms with Gasteiger partial charge >= 0.3 is 12.1 Å². The Balaban J connectivity index is 1.93. The summed E-state index contributed by atoms with van der Waals surface area (Å²) in [6.45, 7) is 2.79. The molecule has 0 N–H and O–H groups in total. The highest BCUT2D eigenvalue weighted by Crippen LogP contribution is 2.53. The van der Waals surface area contributed by atoms with E-state index in [4.69, 9.17) is 13.7 Å². The summed E-state index contributed by atoms with van der Waals surface area (Å²) in [6.07, 6.45) is 3.06. The summed E-state index contributed by atoms with van der Waals surface area (Å²) in [5.41, 5.74) is 3.17. The van der Waals surface area contributed by atoms with Gasteiger partial charge in [0.15, 0.2) is 0 Å². The number of likely N-dealkylation sites (tertiary alicyclic amines) is 1. The van der Waals surface area contributed by atoms with Gasteiger partial charge in [-0.3, -0.25) is 13.9 Å². The van der Waals surface area contributed by atoms with Crippen molar-refractivity contribution < 1.29 is 31.7 Å². The highest BCUT2D eigenvalue weighted by atomic mass is 32.2. The Kier molecular flexibility index (Phi) is 6.35. The van der Waals surface area contributed by atoms with E-state index in [-0.39, 0.29) is 24.5 Å². The quantitative estimate of drug-likeness (QED) is 0.369. The van der Waals surface area contributed by atoms with Gasteiger partial charge in [0, 0.05) is 24.4 Å². The van der Waals surface area contributed by atoms with Crippen molar-refractivity contribution in [3.05, 3.63) is 47.2 Å². The van der Waals surface area contributed by atoms with Crippen LogP contribution in [0.15, 0.2) is 35.9 Å². The normalized spacial score (nSPS) is 24.0. The van der Waals surface area contributed by atoms with Gasteiger partial charge in [-0.1, -0.05) is 29.8 Å². The summed E-state index contributed by atoms with van der Waals surface area (Å²) < 4.78 is 39.8. The minimum atomic E-state index is -3.58. The van der Waals surface area contributed by atoms with Gasteiger partial charge in [-0.25, -0.2) is 9.36 Å². The minimum absolute atomic E-state index is 0.00872. The van der Waals surface area contributed by atoms with Crippen molar-refractivity contribution in [3.8, 4) is 0 Å². The lowest BCUT2D eigenvalue weighted by Gasteiger charge is -2.47. The summed E-state index contributed by atoms with van der Waals surface area (Å²) in [7, 11) is -0.878. The number of rotatable bonds is 5. The Morgan fingerprint density at radius 3 is 2.55 bits per heavy atom. The fourth-order valence-electron chi connectivity index (χ4n) is 5.32. The first kappa shape index (κ1) is 23.5. The molecule has 0 unspecified atom stereocenters. The number of allylic oxidation sites excluding steroid dienone is 1. The van der Waals surface area contributed by atoms with Gasteiger partial charge < -0.3 is 9.47 Å². The van der Waals surface area contributed by atoms with Crippen molar-refractivity contribution in [2.45, 2.75) is 25.3 Å². The maximum absolute atomic E-state index is 13.1. The number of aromatic nitrogens is 1. The van der Waals surface area contributed by atoms with Gasteiger partial charge in [0.05, 0.1) is 50.3 Å². The number of hydrogen-bond donors (Lipinski definition) is 0. The second-order valence-corrected chi connectivity index (χ2v) is 9.98. The molecular weight excluding hydrogens is 448 g/mol. The van der Waals surface area contributed by atoms with Gasteiger partial charge in [0.2, 0.25) is 0 Å². The molecule has 1 aromatic carbocycles. The van der Waals surface area contributed by atoms with E-state index in [0.717, 1.165) is 22.8 Å². The molecule has 4 rings (SSSR count). The standard InChI is InChI=1S/C23H28N2O7S/c1-5-14-13-24(10-11-32-33(4,28)29)18-12-16(14)20(22(26)30-2)19-15-8-6-7-9-17(15)25(21(18)19)23(27)31-3/h5-9,16,18,20H,10-13H2,1-4H3/b14-5-/t16-,18-,20-/m0/s1. The number of carbonyl (C=O) groups excluding carboxylic acids is 2. The fourth-order valence-corrected chi connectivity index (χ4v) is 5.70. The molecule has 1 fully saturated rings. The smallest absolute Gasteiger partial charge is 0.418 e. The van der Waals surface area contributed by atoms with E-state index >= 15 is 0 Å². The molecule has 0 radical (unpaired) electrons. The molecule has 33 heavy (non-hydrogen) atoms. The minimum Gasteiger partial charge on any atom is -0.469 e. The molecule has 0 saturated carbocycles. The van der Waals surface area contributed by atoms with Gasteiger partial charge in [-0.05, 0) is 25.0 Å². The number of methoxy groups -OCH3 is 2. The second-order valence-electron chi connectivity index (χ2n) is 8.34. The van der Waals surface area contributed by atoms with Crippen LogP contribution in [0, 0.1) is 5.92 Å². The summed E-state index contributed by atoms with van der Waals surface area (Å²) in [5, 5.41) is 0.799. The van der Waals surface area contributed by atoms with E-state index < -0.39 is 22.1 Å². The van der Waals surface area contributed by atoms with Gasteiger partial charge in [-0.2, -0.15) is 8.42 Å².